The van der Waals surface area contributed by atoms with Crippen LogP contribution in [0.5, 0.6) is 0 Å². The number of nitrogens with zero attached hydrogens (tertiary/aromatic N) is 4. The molecular formula is C17H19N5. The van der Waals surface area contributed by atoms with Crippen LogP contribution in [0, 0.1) is 5.92 Å². The lowest BCUT2D eigenvalue weighted by molar-refractivity contribution is 0.257. The normalized spacial score (nSPS) is 17.6. The number of nitrogens with one attached hydrogen (secondary N) is 1. The minimum absolute atomic E-state index is 0.161. The van der Waals surface area contributed by atoms with Gasteiger partial charge in [0.25, 0.3) is 0 Å². The van der Waals surface area contributed by atoms with Crippen LogP contribution in [0.1, 0.15) is 24.4 Å². The van der Waals surface area contributed by atoms with Crippen molar-refractivity contribution in [3.05, 3.63) is 54.4 Å². The van der Waals surface area contributed by atoms with Crippen molar-refractivity contribution >= 4 is 10.8 Å². The maximum Gasteiger partial charge on any atom is 0.162 e. The van der Waals surface area contributed by atoms with Crippen molar-refractivity contribution in [2.75, 3.05) is 13.1 Å². The molecule has 5 nitrogen and oxygen atoms in total. The molecule has 1 fully saturated rings. The lowest BCUT2D eigenvalue weighted by Crippen LogP contribution is -2.34. The van der Waals surface area contributed by atoms with Crippen molar-refractivity contribution in [1.29, 1.82) is 0 Å². The first-order valence-corrected chi connectivity index (χ1v) is 7.84. The lowest BCUT2D eigenvalue weighted by atomic mass is 9.85. The molecule has 0 bridgehead atoms. The Kier molecular flexibility index (Phi) is 3.56. The first-order chi connectivity index (χ1) is 10.9. The van der Waals surface area contributed by atoms with Gasteiger partial charge in [0.1, 0.15) is 6.04 Å². The summed E-state index contributed by atoms with van der Waals surface area (Å²) in [7, 11) is 0. The maximum atomic E-state index is 4.32. The van der Waals surface area contributed by atoms with Crippen molar-refractivity contribution in [3.63, 3.8) is 0 Å². The van der Waals surface area contributed by atoms with Crippen LogP contribution in [0.4, 0.5) is 0 Å². The highest BCUT2D eigenvalue weighted by molar-refractivity contribution is 5.83. The minimum Gasteiger partial charge on any atom is -0.317 e. The zero-order valence-electron chi connectivity index (χ0n) is 12.4. The van der Waals surface area contributed by atoms with Crippen LogP contribution in [-0.4, -0.2) is 33.3 Å². The molecule has 4 rings (SSSR count). The fraction of sp³-hybridized carbons (Fsp3) is 0.353. The number of hydrogen-bond acceptors (Lipinski definition) is 4. The summed E-state index contributed by atoms with van der Waals surface area (Å²) in [5.74, 6) is 0.539. The predicted molar refractivity (Wildman–Crippen MR) is 85.5 cm³/mol. The van der Waals surface area contributed by atoms with E-state index in [2.05, 4.69) is 63.2 Å². The summed E-state index contributed by atoms with van der Waals surface area (Å²) in [6.45, 7) is 2.12. The van der Waals surface area contributed by atoms with Gasteiger partial charge in [0.15, 0.2) is 6.33 Å². The number of tetrazole rings is 1. The van der Waals surface area contributed by atoms with E-state index >= 15 is 0 Å². The van der Waals surface area contributed by atoms with Gasteiger partial charge < -0.3 is 5.32 Å². The number of hydrogen-bond donors (Lipinski definition) is 1. The first kappa shape index (κ1) is 13.4. The maximum absolute atomic E-state index is 4.32. The smallest absolute Gasteiger partial charge is 0.162 e. The van der Waals surface area contributed by atoms with E-state index < -0.39 is 0 Å². The molecule has 1 N–H and O–H groups in total. The van der Waals surface area contributed by atoms with Gasteiger partial charge in [0.05, 0.1) is 0 Å². The van der Waals surface area contributed by atoms with Crippen molar-refractivity contribution in [1.82, 2.24) is 25.5 Å². The Bertz CT molecular complexity index is 747. The Morgan fingerprint density at radius 3 is 2.64 bits per heavy atom. The fourth-order valence-corrected chi connectivity index (χ4v) is 3.45. The van der Waals surface area contributed by atoms with Gasteiger partial charge in [0, 0.05) is 0 Å². The zero-order chi connectivity index (χ0) is 14.8. The van der Waals surface area contributed by atoms with Crippen molar-refractivity contribution in [2.24, 2.45) is 5.92 Å². The fourth-order valence-electron chi connectivity index (χ4n) is 3.45. The molecule has 0 amide bonds. The standard InChI is InChI=1S/C17H19N5/c1-2-4-15-11-16(6-5-13(15)3-1)17(22-20-12-19-21-22)14-7-9-18-10-8-14/h1-6,11-12,14,17-18H,7-10H2. The third-order valence-electron chi connectivity index (χ3n) is 4.56. The van der Waals surface area contributed by atoms with Crippen LogP contribution >= 0.6 is 0 Å². The van der Waals surface area contributed by atoms with Crippen molar-refractivity contribution < 1.29 is 0 Å². The molecule has 2 heterocycles. The molecule has 0 spiro atoms. The van der Waals surface area contributed by atoms with E-state index in [1.54, 1.807) is 4.80 Å². The zero-order valence-corrected chi connectivity index (χ0v) is 12.4. The van der Waals surface area contributed by atoms with Gasteiger partial charge in [0.2, 0.25) is 0 Å². The van der Waals surface area contributed by atoms with Gasteiger partial charge in [-0.25, -0.2) is 0 Å². The monoisotopic (exact) mass is 293 g/mol. The third kappa shape index (κ3) is 2.48. The van der Waals surface area contributed by atoms with Crippen molar-refractivity contribution in [2.45, 2.75) is 18.9 Å². The summed E-state index contributed by atoms with van der Waals surface area (Å²) in [6, 6.07) is 15.3. The van der Waals surface area contributed by atoms with Gasteiger partial charge in [-0.1, -0.05) is 36.4 Å². The molecule has 1 saturated heterocycles. The summed E-state index contributed by atoms with van der Waals surface area (Å²) in [5.41, 5.74) is 1.27. The highest BCUT2D eigenvalue weighted by atomic mass is 15.6. The Hall–Kier alpha value is -2.27. The van der Waals surface area contributed by atoms with E-state index in [4.69, 9.17) is 0 Å². The molecule has 0 radical (unpaired) electrons. The second-order valence-electron chi connectivity index (χ2n) is 5.90. The van der Waals surface area contributed by atoms with E-state index in [-0.39, 0.29) is 6.04 Å². The molecule has 1 aliphatic heterocycles. The number of fused-ring (bicyclic) bond motifs is 1. The van der Waals surface area contributed by atoms with Gasteiger partial charge in [-0.3, -0.25) is 0 Å². The van der Waals surface area contributed by atoms with Crippen LogP contribution in [0.2, 0.25) is 0 Å². The molecule has 5 heteroatoms. The summed E-state index contributed by atoms with van der Waals surface area (Å²) >= 11 is 0. The molecule has 1 aliphatic rings. The molecular weight excluding hydrogens is 274 g/mol. The predicted octanol–water partition coefficient (Wildman–Crippen LogP) is 2.42. The van der Waals surface area contributed by atoms with Gasteiger partial charge in [-0.15, -0.1) is 10.2 Å². The number of aromatic nitrogens is 4. The van der Waals surface area contributed by atoms with Gasteiger partial charge in [-0.2, -0.15) is 4.80 Å². The Balaban J connectivity index is 1.78. The van der Waals surface area contributed by atoms with Gasteiger partial charge >= 0.3 is 0 Å². The molecule has 1 atom stereocenters. The summed E-state index contributed by atoms with van der Waals surface area (Å²) in [5, 5.41) is 18.4. The number of benzene rings is 2. The van der Waals surface area contributed by atoms with E-state index in [9.17, 15) is 0 Å². The molecule has 1 unspecified atom stereocenters. The average Bonchev–Trinajstić information content (AvgIpc) is 3.10. The highest BCUT2D eigenvalue weighted by Gasteiger charge is 2.28. The molecule has 0 aliphatic carbocycles. The van der Waals surface area contributed by atoms with Crippen LogP contribution in [-0.2, 0) is 0 Å². The second kappa shape index (κ2) is 5.85. The minimum atomic E-state index is 0.161. The summed E-state index contributed by atoms with van der Waals surface area (Å²) < 4.78 is 0. The Labute approximate surface area is 129 Å². The third-order valence-corrected chi connectivity index (χ3v) is 4.56. The SMILES string of the molecule is c1ccc2cc(C(C3CCNCC3)n3ncnn3)ccc2c1. The Morgan fingerprint density at radius 1 is 1.05 bits per heavy atom. The van der Waals surface area contributed by atoms with E-state index in [1.165, 1.54) is 22.7 Å². The van der Waals surface area contributed by atoms with Crippen LogP contribution in [0.3, 0.4) is 0 Å². The number of piperidine rings is 1. The van der Waals surface area contributed by atoms with E-state index in [1.807, 2.05) is 0 Å². The molecule has 2 aromatic carbocycles. The quantitative estimate of drug-likeness (QED) is 0.806. The van der Waals surface area contributed by atoms with Gasteiger partial charge in [-0.05, 0) is 59.5 Å². The lowest BCUT2D eigenvalue weighted by Gasteiger charge is -2.30. The molecule has 0 saturated carbocycles. The van der Waals surface area contributed by atoms with E-state index in [0.717, 1.165) is 25.9 Å². The van der Waals surface area contributed by atoms with Crippen LogP contribution in [0.25, 0.3) is 10.8 Å². The van der Waals surface area contributed by atoms with Crippen molar-refractivity contribution in [3.8, 4) is 0 Å². The molecule has 22 heavy (non-hydrogen) atoms. The van der Waals surface area contributed by atoms with Crippen LogP contribution in [0.15, 0.2) is 48.8 Å². The van der Waals surface area contributed by atoms with E-state index in [0.29, 0.717) is 5.92 Å². The largest absolute Gasteiger partial charge is 0.317 e. The number of rotatable bonds is 3. The van der Waals surface area contributed by atoms with Crippen LogP contribution < -0.4 is 5.32 Å². The first-order valence-electron chi connectivity index (χ1n) is 7.84. The molecule has 3 aromatic rings. The molecule has 1 aromatic heterocycles. The summed E-state index contributed by atoms with van der Waals surface area (Å²) in [6.07, 6.45) is 3.80. The molecule has 112 valence electrons. The summed E-state index contributed by atoms with van der Waals surface area (Å²) in [4.78, 5) is 1.78. The average molecular weight is 293 g/mol. The highest BCUT2D eigenvalue weighted by Crippen LogP contribution is 2.32. The topological polar surface area (TPSA) is 55.6 Å². The second-order valence-corrected chi connectivity index (χ2v) is 5.90. The Morgan fingerprint density at radius 2 is 1.86 bits per heavy atom.